The Kier molecular flexibility index (Phi) is 3.30. The highest BCUT2D eigenvalue weighted by Gasteiger charge is 2.60. The summed E-state index contributed by atoms with van der Waals surface area (Å²) >= 11 is 3.70. The molecule has 0 saturated carbocycles. The van der Waals surface area contributed by atoms with E-state index < -0.39 is 0 Å². The van der Waals surface area contributed by atoms with Gasteiger partial charge in [-0.2, -0.15) is 0 Å². The van der Waals surface area contributed by atoms with Crippen molar-refractivity contribution < 1.29 is 9.47 Å². The molecule has 108 valence electrons. The van der Waals surface area contributed by atoms with E-state index in [-0.39, 0.29) is 16.3 Å². The Morgan fingerprint density at radius 3 is 1.95 bits per heavy atom. The van der Waals surface area contributed by atoms with Gasteiger partial charge >= 0.3 is 0 Å². The van der Waals surface area contributed by atoms with Crippen LogP contribution < -0.4 is 0 Å². The molecule has 2 aromatic carbocycles. The minimum atomic E-state index is -0.145. The quantitative estimate of drug-likeness (QED) is 0.829. The molecule has 0 aliphatic carbocycles. The summed E-state index contributed by atoms with van der Waals surface area (Å²) in [6.07, 6.45) is 0.0377. The van der Waals surface area contributed by atoms with E-state index in [1.54, 1.807) is 14.2 Å². The van der Waals surface area contributed by atoms with E-state index in [0.29, 0.717) is 0 Å². The number of ether oxygens (including phenoxy) is 2. The summed E-state index contributed by atoms with van der Waals surface area (Å²) in [6.45, 7) is 0. The van der Waals surface area contributed by atoms with Gasteiger partial charge in [0.15, 0.2) is 0 Å². The molecule has 2 aliphatic rings. The average molecular weight is 316 g/mol. The number of rotatable bonds is 2. The van der Waals surface area contributed by atoms with E-state index >= 15 is 0 Å². The molecule has 4 rings (SSSR count). The van der Waals surface area contributed by atoms with Crippen LogP contribution in [-0.4, -0.2) is 25.8 Å². The van der Waals surface area contributed by atoms with Crippen LogP contribution in [0.25, 0.3) is 0 Å². The lowest BCUT2D eigenvalue weighted by Gasteiger charge is -2.55. The first kappa shape index (κ1) is 13.7. The van der Waals surface area contributed by atoms with Crippen molar-refractivity contribution in [2.24, 2.45) is 0 Å². The number of thioether (sulfide) groups is 1. The molecular formula is C17H16O2S2. The highest BCUT2D eigenvalue weighted by Crippen LogP contribution is 2.65. The molecular weight excluding hydrogens is 300 g/mol. The largest absolute Gasteiger partial charge is 0.376 e. The second kappa shape index (κ2) is 5.06. The van der Waals surface area contributed by atoms with Crippen molar-refractivity contribution in [1.82, 2.24) is 0 Å². The van der Waals surface area contributed by atoms with Crippen molar-refractivity contribution in [3.63, 3.8) is 0 Å². The van der Waals surface area contributed by atoms with Crippen LogP contribution in [0.1, 0.15) is 11.1 Å². The van der Waals surface area contributed by atoms with Gasteiger partial charge in [-0.25, -0.2) is 0 Å². The Bertz CT molecular complexity index is 640. The van der Waals surface area contributed by atoms with E-state index in [9.17, 15) is 0 Å². The maximum Gasteiger partial charge on any atom is 0.132 e. The second-order valence-electron chi connectivity index (χ2n) is 5.21. The van der Waals surface area contributed by atoms with Crippen molar-refractivity contribution in [3.05, 3.63) is 59.7 Å². The van der Waals surface area contributed by atoms with E-state index in [4.69, 9.17) is 9.47 Å². The van der Waals surface area contributed by atoms with E-state index in [1.165, 1.54) is 20.9 Å². The summed E-state index contributed by atoms with van der Waals surface area (Å²) in [7, 11) is 3.54. The normalized spacial score (nSPS) is 25.0. The Morgan fingerprint density at radius 2 is 1.43 bits per heavy atom. The third kappa shape index (κ3) is 1.77. The number of methoxy groups -OCH3 is 2. The van der Waals surface area contributed by atoms with Gasteiger partial charge in [0, 0.05) is 24.0 Å². The fourth-order valence-corrected chi connectivity index (χ4v) is 6.28. The predicted octanol–water partition coefficient (Wildman–Crippen LogP) is 4.13. The van der Waals surface area contributed by atoms with Gasteiger partial charge in [0.25, 0.3) is 0 Å². The van der Waals surface area contributed by atoms with Crippen LogP contribution in [0.5, 0.6) is 0 Å². The Labute approximate surface area is 133 Å². The lowest BCUT2D eigenvalue weighted by atomic mass is 9.83. The van der Waals surface area contributed by atoms with Crippen LogP contribution in [0.2, 0.25) is 0 Å². The summed E-state index contributed by atoms with van der Waals surface area (Å²) in [5.74, 6) is 0. The third-order valence-electron chi connectivity index (χ3n) is 4.23. The van der Waals surface area contributed by atoms with Crippen molar-refractivity contribution in [3.8, 4) is 0 Å². The molecule has 2 aliphatic heterocycles. The molecule has 2 atom stereocenters. The average Bonchev–Trinajstić information content (AvgIpc) is 2.51. The minimum Gasteiger partial charge on any atom is -0.376 e. The van der Waals surface area contributed by atoms with Crippen LogP contribution in [0, 0.1) is 0 Å². The van der Waals surface area contributed by atoms with Gasteiger partial charge in [-0.3, -0.25) is 0 Å². The topological polar surface area (TPSA) is 18.5 Å². The molecule has 0 bridgehead atoms. The zero-order chi connectivity index (χ0) is 14.4. The fourth-order valence-electron chi connectivity index (χ4n) is 3.30. The van der Waals surface area contributed by atoms with Crippen molar-refractivity contribution in [2.45, 2.75) is 26.1 Å². The molecule has 21 heavy (non-hydrogen) atoms. The summed E-state index contributed by atoms with van der Waals surface area (Å²) in [4.78, 5) is 2.64. The van der Waals surface area contributed by atoms with Crippen molar-refractivity contribution >= 4 is 23.5 Å². The maximum absolute atomic E-state index is 5.84. The van der Waals surface area contributed by atoms with Gasteiger partial charge in [0.1, 0.15) is 16.3 Å². The van der Waals surface area contributed by atoms with Crippen LogP contribution in [0.15, 0.2) is 58.3 Å². The van der Waals surface area contributed by atoms with E-state index in [2.05, 4.69) is 48.5 Å². The number of hydrogen-bond donors (Lipinski definition) is 0. The first-order chi connectivity index (χ1) is 10.3. The first-order valence-electron chi connectivity index (χ1n) is 6.91. The molecule has 0 aromatic heterocycles. The molecule has 2 nitrogen and oxygen atoms in total. The monoisotopic (exact) mass is 316 g/mol. The molecule has 0 amide bonds. The van der Waals surface area contributed by atoms with E-state index in [0.717, 1.165) is 0 Å². The van der Waals surface area contributed by atoms with Gasteiger partial charge in [0.05, 0.1) is 0 Å². The predicted molar refractivity (Wildman–Crippen MR) is 87.0 cm³/mol. The summed E-state index contributed by atoms with van der Waals surface area (Å²) in [5.41, 5.74) is 2.77. The molecule has 1 spiro atoms. The van der Waals surface area contributed by atoms with Gasteiger partial charge in [0.2, 0.25) is 0 Å². The second-order valence-corrected chi connectivity index (χ2v) is 7.64. The van der Waals surface area contributed by atoms with Crippen LogP contribution >= 0.6 is 23.5 Å². The van der Waals surface area contributed by atoms with Crippen molar-refractivity contribution in [2.75, 3.05) is 14.2 Å². The van der Waals surface area contributed by atoms with E-state index in [1.807, 2.05) is 23.5 Å². The van der Waals surface area contributed by atoms with Crippen LogP contribution in [0.4, 0.5) is 0 Å². The molecule has 1 saturated heterocycles. The molecule has 1 fully saturated rings. The van der Waals surface area contributed by atoms with Crippen molar-refractivity contribution in [1.29, 1.82) is 0 Å². The third-order valence-corrected chi connectivity index (χ3v) is 7.10. The van der Waals surface area contributed by atoms with Crippen LogP contribution in [-0.2, 0) is 14.2 Å². The number of benzene rings is 2. The summed E-state index contributed by atoms with van der Waals surface area (Å²) in [6, 6.07) is 17.3. The summed E-state index contributed by atoms with van der Waals surface area (Å²) < 4.78 is 11.3. The zero-order valence-electron chi connectivity index (χ0n) is 11.9. The SMILES string of the molecule is CO[C@@H]1SC2(c3ccccc3Sc3ccccc32)[C@H]1OC. The minimum absolute atomic E-state index is 0.0377. The highest BCUT2D eigenvalue weighted by atomic mass is 32.2. The molecule has 0 radical (unpaired) electrons. The maximum atomic E-state index is 5.84. The van der Waals surface area contributed by atoms with Gasteiger partial charge < -0.3 is 9.47 Å². The number of hydrogen-bond acceptors (Lipinski definition) is 4. The Hall–Kier alpha value is -0.940. The van der Waals surface area contributed by atoms with Crippen LogP contribution in [0.3, 0.4) is 0 Å². The molecule has 0 N–H and O–H groups in total. The van der Waals surface area contributed by atoms with Gasteiger partial charge in [-0.05, 0) is 23.3 Å². The highest BCUT2D eigenvalue weighted by molar-refractivity contribution is 8.03. The van der Waals surface area contributed by atoms with Gasteiger partial charge in [-0.15, -0.1) is 11.8 Å². The lowest BCUT2D eigenvalue weighted by Crippen LogP contribution is -2.57. The Balaban J connectivity index is 1.94. The fraction of sp³-hybridized carbons (Fsp3) is 0.294. The zero-order valence-corrected chi connectivity index (χ0v) is 13.5. The summed E-state index contributed by atoms with van der Waals surface area (Å²) in [5, 5.41) is 0. The lowest BCUT2D eigenvalue weighted by molar-refractivity contribution is -0.0291. The smallest absolute Gasteiger partial charge is 0.132 e. The molecule has 2 aromatic rings. The Morgan fingerprint density at radius 1 is 0.857 bits per heavy atom. The first-order valence-corrected chi connectivity index (χ1v) is 8.61. The standard InChI is InChI=1S/C17H16O2S2/c1-18-15-16(19-2)21-17(15)11-7-3-5-9-13(11)20-14-10-6-4-8-12(14)17/h3-10,15-16H,1-2H3/t15-,16+/m0/s1. The molecule has 0 unspecified atom stereocenters. The molecule has 2 heterocycles. The number of fused-ring (bicyclic) bond motifs is 4. The van der Waals surface area contributed by atoms with Gasteiger partial charge in [-0.1, -0.05) is 48.2 Å². The molecule has 4 heteroatoms.